The van der Waals surface area contributed by atoms with Gasteiger partial charge in [-0.25, -0.2) is 0 Å². The average molecular weight is 415 g/mol. The van der Waals surface area contributed by atoms with Crippen LogP contribution < -0.4 is 5.32 Å². The van der Waals surface area contributed by atoms with Crippen molar-refractivity contribution in [2.45, 2.75) is 38.1 Å². The van der Waals surface area contributed by atoms with Crippen LogP contribution >= 0.6 is 11.6 Å². The molecule has 156 valence electrons. The predicted molar refractivity (Wildman–Crippen MR) is 118 cm³/mol. The summed E-state index contributed by atoms with van der Waals surface area (Å²) < 4.78 is 5.62. The van der Waals surface area contributed by atoms with Crippen LogP contribution in [0, 0.1) is 0 Å². The van der Waals surface area contributed by atoms with Gasteiger partial charge in [0.1, 0.15) is 6.04 Å². The lowest BCUT2D eigenvalue weighted by molar-refractivity contribution is -0.127. The number of nitrogens with one attached hydrogen (secondary N) is 1. The van der Waals surface area contributed by atoms with Gasteiger partial charge in [0.05, 0.1) is 0 Å². The molecule has 1 amide bonds. The third-order valence-electron chi connectivity index (χ3n) is 6.05. The zero-order valence-electron chi connectivity index (χ0n) is 17.4. The number of amides is 1. The number of benzene rings is 2. The largest absolute Gasteiger partial charge is 0.381 e. The fraction of sp³-hybridized carbons (Fsp3) is 0.458. The zero-order valence-corrected chi connectivity index (χ0v) is 18.1. The van der Waals surface area contributed by atoms with Crippen LogP contribution in [-0.4, -0.2) is 43.7 Å². The molecule has 1 aliphatic rings. The Kier molecular flexibility index (Phi) is 7.70. The van der Waals surface area contributed by atoms with Crippen molar-refractivity contribution in [3.05, 3.63) is 70.7 Å². The van der Waals surface area contributed by atoms with Gasteiger partial charge in [-0.05, 0) is 49.2 Å². The smallest absolute Gasteiger partial charge is 0.241 e. The number of nitrogens with zero attached hydrogens (tertiary/aromatic N) is 1. The molecular weight excluding hydrogens is 384 g/mol. The molecule has 1 N–H and O–H groups in total. The van der Waals surface area contributed by atoms with E-state index in [2.05, 4.69) is 36.2 Å². The van der Waals surface area contributed by atoms with E-state index in [1.54, 1.807) is 0 Å². The van der Waals surface area contributed by atoms with Gasteiger partial charge in [-0.2, -0.15) is 0 Å². The lowest BCUT2D eigenvalue weighted by Gasteiger charge is -2.39. The first kappa shape index (κ1) is 21.8. The molecule has 0 spiro atoms. The molecule has 3 rings (SSSR count). The van der Waals surface area contributed by atoms with Gasteiger partial charge < -0.3 is 10.1 Å². The Labute approximate surface area is 179 Å². The number of carbonyl (C=O) groups is 1. The van der Waals surface area contributed by atoms with E-state index in [1.807, 2.05) is 42.5 Å². The molecule has 1 saturated heterocycles. The number of ether oxygens (including phenoxy) is 1. The van der Waals surface area contributed by atoms with Gasteiger partial charge in [0.2, 0.25) is 5.91 Å². The predicted octanol–water partition coefficient (Wildman–Crippen LogP) is 4.59. The maximum absolute atomic E-state index is 13.4. The highest BCUT2D eigenvalue weighted by atomic mass is 35.5. The van der Waals surface area contributed by atoms with Crippen LogP contribution in [0.1, 0.15) is 43.9 Å². The maximum Gasteiger partial charge on any atom is 0.241 e. The highest BCUT2D eigenvalue weighted by molar-refractivity contribution is 6.30. The molecule has 4 nitrogen and oxygen atoms in total. The molecule has 1 aliphatic heterocycles. The molecule has 1 fully saturated rings. The van der Waals surface area contributed by atoms with E-state index in [4.69, 9.17) is 16.3 Å². The zero-order chi connectivity index (χ0) is 20.7. The van der Waals surface area contributed by atoms with Gasteiger partial charge in [0, 0.05) is 30.2 Å². The summed E-state index contributed by atoms with van der Waals surface area (Å²) in [5.74, 6) is 0.0553. The van der Waals surface area contributed by atoms with Gasteiger partial charge in [-0.1, -0.05) is 67.9 Å². The van der Waals surface area contributed by atoms with E-state index in [0.29, 0.717) is 19.8 Å². The Hall–Kier alpha value is -1.88. The van der Waals surface area contributed by atoms with E-state index in [9.17, 15) is 4.79 Å². The fourth-order valence-electron chi connectivity index (χ4n) is 4.24. The third-order valence-corrected chi connectivity index (χ3v) is 6.30. The van der Waals surface area contributed by atoms with Crippen LogP contribution in [0.4, 0.5) is 0 Å². The van der Waals surface area contributed by atoms with Gasteiger partial charge in [-0.3, -0.25) is 9.69 Å². The van der Waals surface area contributed by atoms with Gasteiger partial charge in [0.25, 0.3) is 0 Å². The van der Waals surface area contributed by atoms with E-state index < -0.39 is 0 Å². The average Bonchev–Trinajstić information content (AvgIpc) is 2.77. The SMILES string of the molecule is CCN(CC)C(C(=O)NCC1(c2ccc(Cl)cc2)CCOCC1)c1ccccc1. The topological polar surface area (TPSA) is 41.6 Å². The molecule has 2 aromatic rings. The van der Waals surface area contributed by atoms with Crippen LogP contribution in [-0.2, 0) is 14.9 Å². The van der Waals surface area contributed by atoms with Crippen molar-refractivity contribution < 1.29 is 9.53 Å². The first-order valence-electron chi connectivity index (χ1n) is 10.5. The van der Waals surface area contributed by atoms with E-state index >= 15 is 0 Å². The van der Waals surface area contributed by atoms with Crippen molar-refractivity contribution in [2.75, 3.05) is 32.8 Å². The molecule has 2 aromatic carbocycles. The van der Waals surface area contributed by atoms with Crippen LogP contribution in [0.25, 0.3) is 0 Å². The lowest BCUT2D eigenvalue weighted by Crippen LogP contribution is -2.48. The molecule has 5 heteroatoms. The molecule has 0 aliphatic carbocycles. The van der Waals surface area contributed by atoms with Crippen LogP contribution in [0.2, 0.25) is 5.02 Å². The Morgan fingerprint density at radius 3 is 2.28 bits per heavy atom. The molecule has 0 bridgehead atoms. The Balaban J connectivity index is 1.81. The fourth-order valence-corrected chi connectivity index (χ4v) is 4.36. The van der Waals surface area contributed by atoms with Crippen molar-refractivity contribution >= 4 is 17.5 Å². The molecule has 0 aromatic heterocycles. The number of hydrogen-bond donors (Lipinski definition) is 1. The van der Waals surface area contributed by atoms with Crippen LogP contribution in [0.5, 0.6) is 0 Å². The Morgan fingerprint density at radius 1 is 1.07 bits per heavy atom. The second-order valence-electron chi connectivity index (χ2n) is 7.65. The van der Waals surface area contributed by atoms with Crippen molar-refractivity contribution in [3.8, 4) is 0 Å². The molecular formula is C24H31ClN2O2. The van der Waals surface area contributed by atoms with Crippen molar-refractivity contribution in [2.24, 2.45) is 0 Å². The first-order valence-corrected chi connectivity index (χ1v) is 10.9. The summed E-state index contributed by atoms with van der Waals surface area (Å²) in [6.07, 6.45) is 1.77. The monoisotopic (exact) mass is 414 g/mol. The van der Waals surface area contributed by atoms with E-state index in [-0.39, 0.29) is 17.4 Å². The first-order chi connectivity index (χ1) is 14.1. The highest BCUT2D eigenvalue weighted by Crippen LogP contribution is 2.35. The molecule has 1 unspecified atom stereocenters. The summed E-state index contributed by atoms with van der Waals surface area (Å²) in [5, 5.41) is 4.01. The lowest BCUT2D eigenvalue weighted by atomic mass is 9.74. The standard InChI is InChI=1S/C24H31ClN2O2/c1-3-27(4-2)22(19-8-6-5-7-9-19)23(28)26-18-24(14-16-29-17-15-24)20-10-12-21(25)13-11-20/h5-13,22H,3-4,14-18H2,1-2H3,(H,26,28). The number of halogens is 1. The third kappa shape index (κ3) is 5.19. The summed E-state index contributed by atoms with van der Waals surface area (Å²) in [4.78, 5) is 15.6. The Morgan fingerprint density at radius 2 is 1.69 bits per heavy atom. The minimum absolute atomic E-state index is 0.0553. The van der Waals surface area contributed by atoms with E-state index in [0.717, 1.165) is 36.5 Å². The molecule has 29 heavy (non-hydrogen) atoms. The summed E-state index contributed by atoms with van der Waals surface area (Å²) in [6.45, 7) is 7.84. The number of hydrogen-bond acceptors (Lipinski definition) is 3. The normalized spacial score (nSPS) is 17.1. The number of likely N-dealkylation sites (N-methyl/N-ethyl adjacent to an activating group) is 1. The minimum Gasteiger partial charge on any atom is -0.381 e. The van der Waals surface area contributed by atoms with Crippen molar-refractivity contribution in [1.29, 1.82) is 0 Å². The second-order valence-corrected chi connectivity index (χ2v) is 8.09. The Bertz CT molecular complexity index is 769. The number of carbonyl (C=O) groups excluding carboxylic acids is 1. The second kappa shape index (κ2) is 10.2. The minimum atomic E-state index is -0.284. The summed E-state index contributed by atoms with van der Waals surface area (Å²) >= 11 is 6.10. The van der Waals surface area contributed by atoms with Gasteiger partial charge in [0.15, 0.2) is 0 Å². The molecule has 0 saturated carbocycles. The van der Waals surface area contributed by atoms with Crippen LogP contribution in [0.3, 0.4) is 0 Å². The summed E-state index contributed by atoms with van der Waals surface area (Å²) in [5.41, 5.74) is 2.12. The summed E-state index contributed by atoms with van der Waals surface area (Å²) in [7, 11) is 0. The van der Waals surface area contributed by atoms with Gasteiger partial charge in [-0.15, -0.1) is 0 Å². The molecule has 1 atom stereocenters. The maximum atomic E-state index is 13.4. The van der Waals surface area contributed by atoms with Crippen LogP contribution in [0.15, 0.2) is 54.6 Å². The number of rotatable bonds is 8. The molecule has 0 radical (unpaired) electrons. The van der Waals surface area contributed by atoms with Gasteiger partial charge >= 0.3 is 0 Å². The van der Waals surface area contributed by atoms with Crippen molar-refractivity contribution in [1.82, 2.24) is 10.2 Å². The summed E-state index contributed by atoms with van der Waals surface area (Å²) in [6, 6.07) is 17.8. The quantitative estimate of drug-likeness (QED) is 0.687. The molecule has 1 heterocycles. The highest BCUT2D eigenvalue weighted by Gasteiger charge is 2.36. The van der Waals surface area contributed by atoms with E-state index in [1.165, 1.54) is 5.56 Å². The van der Waals surface area contributed by atoms with Crippen molar-refractivity contribution in [3.63, 3.8) is 0 Å².